The normalized spacial score (nSPS) is 34.7. The van der Waals surface area contributed by atoms with Crippen LogP contribution in [0.5, 0.6) is 17.2 Å². The Hall–Kier alpha value is -2.24. The van der Waals surface area contributed by atoms with E-state index in [1.54, 1.807) is 39.7 Å². The van der Waals surface area contributed by atoms with E-state index >= 15 is 0 Å². The predicted molar refractivity (Wildman–Crippen MR) is 274 cm³/mol. The number of phenolic OH excluding ortho intramolecular Hbond substituents is 1. The van der Waals surface area contributed by atoms with Crippen molar-refractivity contribution in [3.8, 4) is 17.2 Å². The van der Waals surface area contributed by atoms with E-state index in [1.807, 2.05) is 12.1 Å². The van der Waals surface area contributed by atoms with Crippen LogP contribution in [0.25, 0.3) is 0 Å². The van der Waals surface area contributed by atoms with Crippen LogP contribution in [0, 0.1) is 53.3 Å². The first kappa shape index (κ1) is 51.1. The Morgan fingerprint density at radius 2 is 0.776 bits per heavy atom. The summed E-state index contributed by atoms with van der Waals surface area (Å²) < 4.78 is 10.6. The Kier molecular flexibility index (Phi) is 16.2. The molecular weight excluding hydrogens is 937 g/mol. The molecule has 12 aliphatic rings. The largest absolute Gasteiger partial charge is 0.643 e. The lowest BCUT2D eigenvalue weighted by atomic mass is 9.48. The van der Waals surface area contributed by atoms with Crippen LogP contribution in [0.4, 0.5) is 0 Å². The third kappa shape index (κ3) is 11.6. The minimum Gasteiger partial charge on any atom is -0.507 e. The Morgan fingerprint density at radius 3 is 1.07 bits per heavy atom. The maximum Gasteiger partial charge on any atom is 0.643 e. The molecule has 0 radical (unpaired) electrons. The fraction of sp³-hybridized carbons (Fsp3) is 0.625. The number of aromatic hydroxyl groups is 1. The van der Waals surface area contributed by atoms with Crippen LogP contribution in [-0.4, -0.2) is 47.5 Å². The summed E-state index contributed by atoms with van der Waals surface area (Å²) in [5.74, 6) is 10.5. The highest BCUT2D eigenvalue weighted by atomic mass is 35.8. The van der Waals surface area contributed by atoms with Gasteiger partial charge in [-0.25, -0.2) is 30.1 Å². The van der Waals surface area contributed by atoms with Gasteiger partial charge in [-0.15, -0.1) is 0 Å². The topological polar surface area (TPSA) is 89.9 Å². The molecule has 67 heavy (non-hydrogen) atoms. The quantitative estimate of drug-likeness (QED) is 0.144. The zero-order valence-electron chi connectivity index (χ0n) is 40.3. The van der Waals surface area contributed by atoms with E-state index in [-0.39, 0.29) is 22.6 Å². The smallest absolute Gasteiger partial charge is 0.507 e. The highest BCUT2D eigenvalue weighted by Gasteiger charge is 2.54. The molecule has 0 amide bonds. The summed E-state index contributed by atoms with van der Waals surface area (Å²) in [6.07, 6.45) is 25.4. The van der Waals surface area contributed by atoms with Gasteiger partial charge in [0.25, 0.3) is 0 Å². The molecule has 15 rings (SSSR count). The van der Waals surface area contributed by atoms with Crippen molar-refractivity contribution in [2.24, 2.45) is 53.3 Å². The second-order valence-electron chi connectivity index (χ2n) is 22.8. The molecule has 0 aliphatic heterocycles. The Morgan fingerprint density at radius 1 is 0.493 bits per heavy atom. The van der Waals surface area contributed by atoms with Crippen molar-refractivity contribution in [2.75, 3.05) is 14.2 Å². The van der Waals surface area contributed by atoms with Crippen LogP contribution in [-0.2, 0) is 21.0 Å². The van der Waals surface area contributed by atoms with Gasteiger partial charge in [0.15, 0.2) is 11.6 Å². The molecule has 0 spiro atoms. The molecule has 12 aliphatic carbocycles. The highest BCUT2D eigenvalue weighted by Crippen LogP contribution is 2.63. The molecule has 0 unspecified atom stereocenters. The third-order valence-electron chi connectivity index (χ3n) is 18.0. The number of halogens is 4. The van der Waals surface area contributed by atoms with E-state index in [9.17, 15) is 19.5 Å². The number of carbonyl (C=O) groups excluding carboxylic acids is 3. The van der Waals surface area contributed by atoms with Crippen LogP contribution < -0.4 is 9.47 Å². The number of ketones is 2. The number of phenols is 1. The fourth-order valence-electron chi connectivity index (χ4n) is 16.8. The molecule has 3 aromatic rings. The van der Waals surface area contributed by atoms with E-state index in [2.05, 4.69) is 54.1 Å². The van der Waals surface area contributed by atoms with E-state index < -0.39 is 11.4 Å². The lowest BCUT2D eigenvalue weighted by Crippen LogP contribution is -2.48. The molecular formula is C56H71AlCl4O6. The molecule has 0 aromatic heterocycles. The standard InChI is InChI=1S/C19H24O2.C18H22O2.C17H22O.C2H3ClO.Al.3ClH/c1-12(20)17-8-16(3-4-18(17)21-2)19-9-13-5-14(10-19)7-15(6-13)11-19;1-11(19)16-7-15(2-3-17(16)20)18-8-12-4-13(9-18)6-14(5-12)10-18;1-18-16-4-2-15(3-5-16)17-9-12-6-13(10-17)8-14(7-12)11-17;1-2(3)4;;;;/h3-4,8,13-15H,5-7,9-11H2,1-2H3;2-3,7,12-14,20H,4-6,8-10H2,1H3;2-5,12-14H,6-11H2,1H3;1H3;;3*1H/q;;;;+3;;;/p-3. The molecule has 6 nitrogen and oxygen atoms in total. The third-order valence-corrected chi connectivity index (χ3v) is 18.0. The number of hydrogen-bond acceptors (Lipinski definition) is 6. The first-order valence-electron chi connectivity index (χ1n) is 25.2. The molecule has 0 atom stereocenters. The number of Topliss-reactive ketones (excluding diaryl/α,β-unsaturated/α-hetero) is 2. The summed E-state index contributed by atoms with van der Waals surface area (Å²) in [6, 6.07) is 21.1. The zero-order valence-corrected chi connectivity index (χ0v) is 44.5. The number of benzene rings is 3. The van der Waals surface area contributed by atoms with Gasteiger partial charge in [0.05, 0.1) is 25.3 Å². The van der Waals surface area contributed by atoms with Gasteiger partial charge in [-0.3, -0.25) is 14.4 Å². The summed E-state index contributed by atoms with van der Waals surface area (Å²) >= 11 is 2.91. The van der Waals surface area contributed by atoms with Crippen molar-refractivity contribution in [3.05, 3.63) is 88.5 Å². The highest BCUT2D eigenvalue weighted by molar-refractivity contribution is 7.54. The van der Waals surface area contributed by atoms with Crippen LogP contribution >= 0.6 is 41.7 Å². The number of hydrogen-bond donors (Lipinski definition) is 1. The molecule has 12 bridgehead atoms. The van der Waals surface area contributed by atoms with E-state index in [0.29, 0.717) is 21.8 Å². The average molecular weight is 1010 g/mol. The van der Waals surface area contributed by atoms with Crippen LogP contribution in [0.1, 0.15) is 174 Å². The minimum atomic E-state index is -1.72. The van der Waals surface area contributed by atoms with Gasteiger partial charge in [-0.1, -0.05) is 24.3 Å². The first-order valence-corrected chi connectivity index (χ1v) is 30.8. The van der Waals surface area contributed by atoms with Gasteiger partial charge in [0.2, 0.25) is 5.24 Å². The number of carbonyl (C=O) groups is 3. The number of methoxy groups -OCH3 is 2. The molecule has 12 fully saturated rings. The maximum atomic E-state index is 11.9. The predicted octanol–water partition coefficient (Wildman–Crippen LogP) is 15.1. The SMILES string of the molecule is CC(=O)Cl.CC(=O)c1cc(C23CC4CC(CC(C4)C2)C3)ccc1O.COc1ccc(C23CC4CC(CC(C4)C2)C3)cc1.COc1ccc(C23CC4CC(CC(C4)C2)C3)cc1C(C)=O.[Cl][Al]([Cl])[Cl]. The Bertz CT molecular complexity index is 2140. The molecule has 0 heterocycles. The summed E-state index contributed by atoms with van der Waals surface area (Å²) in [6.45, 7) is 4.47. The van der Waals surface area contributed by atoms with Crippen LogP contribution in [0.2, 0.25) is 0 Å². The van der Waals surface area contributed by atoms with E-state index in [1.165, 1.54) is 134 Å². The fourth-order valence-corrected chi connectivity index (χ4v) is 16.8. The van der Waals surface area contributed by atoms with Gasteiger partial charge >= 0.3 is 11.4 Å². The summed E-state index contributed by atoms with van der Waals surface area (Å²) in [4.78, 5) is 32.8. The van der Waals surface area contributed by atoms with Crippen LogP contribution in [0.3, 0.4) is 0 Å². The summed E-state index contributed by atoms with van der Waals surface area (Å²) in [7, 11) is 18.2. The number of ether oxygens (including phenoxy) is 2. The lowest BCUT2D eigenvalue weighted by molar-refractivity contribution is -0.109. The number of rotatable bonds is 7. The second-order valence-corrected chi connectivity index (χ2v) is 29.8. The van der Waals surface area contributed by atoms with Crippen molar-refractivity contribution < 1.29 is 29.0 Å². The van der Waals surface area contributed by atoms with Crippen LogP contribution in [0.15, 0.2) is 60.7 Å². The minimum absolute atomic E-state index is 0.0333. The maximum absolute atomic E-state index is 11.9. The van der Waals surface area contributed by atoms with Crippen molar-refractivity contribution in [1.29, 1.82) is 0 Å². The first-order chi connectivity index (χ1) is 31.9. The molecule has 362 valence electrons. The molecule has 3 aromatic carbocycles. The zero-order chi connectivity index (χ0) is 47.8. The Balaban J connectivity index is 0.000000126. The van der Waals surface area contributed by atoms with Crippen molar-refractivity contribution in [2.45, 2.75) is 153 Å². The monoisotopic (exact) mass is 1010 g/mol. The van der Waals surface area contributed by atoms with Gasteiger partial charge in [0, 0.05) is 6.92 Å². The van der Waals surface area contributed by atoms with Crippen molar-refractivity contribution in [3.63, 3.8) is 0 Å². The average Bonchev–Trinajstić information content (AvgIpc) is 3.25. The van der Waals surface area contributed by atoms with Gasteiger partial charge in [-0.2, -0.15) is 0 Å². The molecule has 12 saturated carbocycles. The molecule has 11 heteroatoms. The van der Waals surface area contributed by atoms with E-state index in [4.69, 9.17) is 39.6 Å². The van der Waals surface area contributed by atoms with Gasteiger partial charge < -0.3 is 14.6 Å². The van der Waals surface area contributed by atoms with Gasteiger partial charge in [-0.05, 0) is 264 Å². The lowest BCUT2D eigenvalue weighted by Gasteiger charge is -2.57. The van der Waals surface area contributed by atoms with Crippen molar-refractivity contribution >= 4 is 69.9 Å². The van der Waals surface area contributed by atoms with E-state index in [0.717, 1.165) is 70.3 Å². The summed E-state index contributed by atoms with van der Waals surface area (Å²) in [5.41, 5.74) is 6.72. The second kappa shape index (κ2) is 21.2. The molecule has 0 saturated heterocycles. The Labute approximate surface area is 421 Å². The van der Waals surface area contributed by atoms with Gasteiger partial charge in [0.1, 0.15) is 17.2 Å². The van der Waals surface area contributed by atoms with Crippen molar-refractivity contribution in [1.82, 2.24) is 0 Å². The summed E-state index contributed by atoms with van der Waals surface area (Å²) in [5, 5.41) is 9.51. The molecule has 1 N–H and O–H groups in total.